The van der Waals surface area contributed by atoms with Crippen molar-refractivity contribution in [3.8, 4) is 0 Å². The molecule has 1 aliphatic rings. The zero-order valence-corrected chi connectivity index (χ0v) is 7.77. The highest BCUT2D eigenvalue weighted by molar-refractivity contribution is 4.84. The topological polar surface area (TPSA) is 52.0 Å². The normalized spacial score (nSPS) is 26.9. The molecule has 0 aromatic rings. The molecule has 0 amide bonds. The quantitative estimate of drug-likeness (QED) is 0.351. The maximum absolute atomic E-state index is 8.06. The fourth-order valence-electron chi connectivity index (χ4n) is 1.41. The van der Waals surface area contributed by atoms with Gasteiger partial charge in [-0.3, -0.25) is 0 Å². The smallest absolute Gasteiger partial charge is 0.0385 e. The third kappa shape index (κ3) is 3.11. The van der Waals surface area contributed by atoms with Crippen LogP contribution < -0.4 is 0 Å². The minimum absolute atomic E-state index is 0.591. The molecule has 0 N–H and O–H groups in total. The highest BCUT2D eigenvalue weighted by Crippen LogP contribution is 2.37. The molecule has 0 spiro atoms. The van der Waals surface area contributed by atoms with Crippen molar-refractivity contribution in [2.75, 3.05) is 26.7 Å². The van der Waals surface area contributed by atoms with Gasteiger partial charge in [0.2, 0.25) is 0 Å². The van der Waals surface area contributed by atoms with E-state index in [-0.39, 0.29) is 0 Å². The molecule has 0 radical (unpaired) electrons. The molecule has 0 saturated heterocycles. The summed E-state index contributed by atoms with van der Waals surface area (Å²) in [6, 6.07) is 0. The van der Waals surface area contributed by atoms with Crippen LogP contribution in [0, 0.1) is 11.8 Å². The first-order chi connectivity index (χ1) is 5.74. The van der Waals surface area contributed by atoms with Crippen LogP contribution in [-0.4, -0.2) is 31.6 Å². The Balaban J connectivity index is 2.03. The zero-order chi connectivity index (χ0) is 8.97. The molecule has 12 heavy (non-hydrogen) atoms. The largest absolute Gasteiger partial charge is 0.306 e. The van der Waals surface area contributed by atoms with E-state index < -0.39 is 0 Å². The minimum atomic E-state index is 0.591. The molecule has 1 rings (SSSR count). The van der Waals surface area contributed by atoms with Gasteiger partial charge in [-0.2, -0.15) is 0 Å². The maximum Gasteiger partial charge on any atom is 0.0385 e. The highest BCUT2D eigenvalue weighted by atomic mass is 15.2. The van der Waals surface area contributed by atoms with E-state index in [0.29, 0.717) is 6.54 Å². The van der Waals surface area contributed by atoms with Gasteiger partial charge in [0.15, 0.2) is 0 Å². The summed E-state index contributed by atoms with van der Waals surface area (Å²) in [7, 11) is 2.08. The van der Waals surface area contributed by atoms with Crippen molar-refractivity contribution >= 4 is 0 Å². The van der Waals surface area contributed by atoms with E-state index in [2.05, 4.69) is 28.9 Å². The van der Waals surface area contributed by atoms with Gasteiger partial charge in [-0.1, -0.05) is 12.0 Å². The highest BCUT2D eigenvalue weighted by Gasteiger charge is 2.32. The van der Waals surface area contributed by atoms with E-state index in [9.17, 15) is 0 Å². The monoisotopic (exact) mass is 168 g/mol. The van der Waals surface area contributed by atoms with Gasteiger partial charge in [0.25, 0.3) is 0 Å². The van der Waals surface area contributed by atoms with E-state index in [1.807, 2.05) is 0 Å². The standard InChI is InChI=1S/C8H16N4/c1-7-5-8(7)6-12(2)4-3-10-11-9/h7-8H,3-6H2,1-2H3. The van der Waals surface area contributed by atoms with Crippen LogP contribution in [-0.2, 0) is 0 Å². The van der Waals surface area contributed by atoms with Crippen LogP contribution in [0.2, 0.25) is 0 Å². The Bertz CT molecular complexity index is 185. The molecule has 68 valence electrons. The van der Waals surface area contributed by atoms with E-state index in [1.54, 1.807) is 0 Å². The molecule has 1 fully saturated rings. The summed E-state index contributed by atoms with van der Waals surface area (Å²) >= 11 is 0. The number of hydrogen-bond acceptors (Lipinski definition) is 2. The van der Waals surface area contributed by atoms with Gasteiger partial charge in [0, 0.05) is 24.5 Å². The Labute approximate surface area is 73.2 Å². The van der Waals surface area contributed by atoms with Crippen molar-refractivity contribution in [3.05, 3.63) is 10.4 Å². The third-order valence-electron chi connectivity index (χ3n) is 2.47. The van der Waals surface area contributed by atoms with Gasteiger partial charge in [-0.25, -0.2) is 0 Å². The van der Waals surface area contributed by atoms with Crippen LogP contribution in [0.25, 0.3) is 10.4 Å². The third-order valence-corrected chi connectivity index (χ3v) is 2.47. The lowest BCUT2D eigenvalue weighted by Gasteiger charge is -2.14. The number of rotatable bonds is 5. The average Bonchev–Trinajstić information content (AvgIpc) is 2.67. The molecule has 0 bridgehead atoms. The Morgan fingerprint density at radius 2 is 2.33 bits per heavy atom. The Morgan fingerprint density at radius 1 is 1.67 bits per heavy atom. The fraction of sp³-hybridized carbons (Fsp3) is 1.00. The molecule has 4 heteroatoms. The molecular formula is C8H16N4. The summed E-state index contributed by atoms with van der Waals surface area (Å²) in [4.78, 5) is 4.95. The lowest BCUT2D eigenvalue weighted by atomic mass is 10.3. The second kappa shape index (κ2) is 4.33. The first-order valence-corrected chi connectivity index (χ1v) is 4.43. The Hall–Kier alpha value is -0.730. The van der Waals surface area contributed by atoms with Gasteiger partial charge >= 0.3 is 0 Å². The van der Waals surface area contributed by atoms with Gasteiger partial charge < -0.3 is 4.90 Å². The Morgan fingerprint density at radius 3 is 2.83 bits per heavy atom. The van der Waals surface area contributed by atoms with Gasteiger partial charge in [0.05, 0.1) is 0 Å². The summed E-state index contributed by atoms with van der Waals surface area (Å²) < 4.78 is 0. The SMILES string of the molecule is CC1CC1CN(C)CCN=[N+]=[N-]. The molecule has 2 unspecified atom stereocenters. The van der Waals surface area contributed by atoms with E-state index in [4.69, 9.17) is 5.53 Å². The van der Waals surface area contributed by atoms with Crippen LogP contribution in [0.3, 0.4) is 0 Å². The van der Waals surface area contributed by atoms with Crippen LogP contribution >= 0.6 is 0 Å². The predicted octanol–water partition coefficient (Wildman–Crippen LogP) is 1.88. The number of likely N-dealkylation sites (N-methyl/N-ethyl adjacent to an activating group) is 1. The second-order valence-corrected chi connectivity index (χ2v) is 3.69. The summed E-state index contributed by atoms with van der Waals surface area (Å²) in [5.41, 5.74) is 8.06. The number of hydrogen-bond donors (Lipinski definition) is 0. The second-order valence-electron chi connectivity index (χ2n) is 3.69. The van der Waals surface area contributed by atoms with E-state index >= 15 is 0 Å². The van der Waals surface area contributed by atoms with Crippen molar-refractivity contribution < 1.29 is 0 Å². The lowest BCUT2D eigenvalue weighted by molar-refractivity contribution is 0.323. The molecule has 1 saturated carbocycles. The molecule has 4 nitrogen and oxygen atoms in total. The van der Waals surface area contributed by atoms with Gasteiger partial charge in [-0.15, -0.1) is 0 Å². The first-order valence-electron chi connectivity index (χ1n) is 4.43. The molecule has 0 aromatic carbocycles. The van der Waals surface area contributed by atoms with Gasteiger partial charge in [0.1, 0.15) is 0 Å². The molecule has 1 aliphatic carbocycles. The summed E-state index contributed by atoms with van der Waals surface area (Å²) in [5, 5.41) is 3.50. The average molecular weight is 168 g/mol. The van der Waals surface area contributed by atoms with Crippen LogP contribution in [0.15, 0.2) is 5.11 Å². The first kappa shape index (κ1) is 9.36. The lowest BCUT2D eigenvalue weighted by Crippen LogP contribution is -2.24. The number of azide groups is 1. The number of nitrogens with zero attached hydrogens (tertiary/aromatic N) is 4. The van der Waals surface area contributed by atoms with E-state index in [1.165, 1.54) is 6.42 Å². The summed E-state index contributed by atoms with van der Waals surface area (Å²) in [6.07, 6.45) is 1.37. The minimum Gasteiger partial charge on any atom is -0.306 e. The fourth-order valence-corrected chi connectivity index (χ4v) is 1.41. The maximum atomic E-state index is 8.06. The predicted molar refractivity (Wildman–Crippen MR) is 48.8 cm³/mol. The van der Waals surface area contributed by atoms with E-state index in [0.717, 1.165) is 24.9 Å². The summed E-state index contributed by atoms with van der Waals surface area (Å²) in [6.45, 7) is 4.91. The molecule has 0 aromatic heterocycles. The zero-order valence-electron chi connectivity index (χ0n) is 7.77. The van der Waals surface area contributed by atoms with Crippen LogP contribution in [0.1, 0.15) is 13.3 Å². The molecule has 0 heterocycles. The van der Waals surface area contributed by atoms with Crippen molar-refractivity contribution in [2.45, 2.75) is 13.3 Å². The molecule has 0 aliphatic heterocycles. The van der Waals surface area contributed by atoms with Gasteiger partial charge in [-0.05, 0) is 30.8 Å². The Kier molecular flexibility index (Phi) is 3.38. The van der Waals surface area contributed by atoms with Crippen LogP contribution in [0.4, 0.5) is 0 Å². The molecule has 2 atom stereocenters. The molecular weight excluding hydrogens is 152 g/mol. The van der Waals surface area contributed by atoms with Crippen molar-refractivity contribution in [2.24, 2.45) is 17.0 Å². The van der Waals surface area contributed by atoms with Crippen molar-refractivity contribution in [1.29, 1.82) is 0 Å². The van der Waals surface area contributed by atoms with Crippen LogP contribution in [0.5, 0.6) is 0 Å². The summed E-state index contributed by atoms with van der Waals surface area (Å²) in [5.74, 6) is 1.80. The van der Waals surface area contributed by atoms with Crippen molar-refractivity contribution in [3.63, 3.8) is 0 Å². The van der Waals surface area contributed by atoms with Crippen molar-refractivity contribution in [1.82, 2.24) is 4.90 Å².